The molecule has 0 radical (unpaired) electrons. The van der Waals surface area contributed by atoms with Gasteiger partial charge in [-0.1, -0.05) is 72.8 Å². The smallest absolute Gasteiger partial charge is 0.0284 e. The van der Waals surface area contributed by atoms with E-state index >= 15 is 0 Å². The topological polar surface area (TPSA) is 0 Å². The largest absolute Gasteiger partial charge is 0.0720 e. The van der Waals surface area contributed by atoms with Crippen LogP contribution in [0.2, 0.25) is 0 Å². The number of rotatable bonds is 1. The second-order valence-corrected chi connectivity index (χ2v) is 9.40. The molecule has 0 heteroatoms. The van der Waals surface area contributed by atoms with Gasteiger partial charge in [-0.05, 0) is 105 Å². The van der Waals surface area contributed by atoms with Crippen LogP contribution in [-0.4, -0.2) is 0 Å². The maximum atomic E-state index is 2.51. The SMILES string of the molecule is Cc1cc2c(c(C3C=Cc4cc5c(cc43)Cc3ccccc3-5)c1C)Cc1ccccc1-2. The minimum atomic E-state index is 0.354. The molecule has 3 aliphatic carbocycles. The Labute approximate surface area is 183 Å². The second-order valence-electron chi connectivity index (χ2n) is 9.40. The molecule has 0 amide bonds. The summed E-state index contributed by atoms with van der Waals surface area (Å²) in [6.45, 7) is 4.60. The minimum absolute atomic E-state index is 0.354. The fourth-order valence-corrected chi connectivity index (χ4v) is 6.16. The number of allylic oxidation sites excluding steroid dienone is 1. The maximum absolute atomic E-state index is 2.51. The van der Waals surface area contributed by atoms with E-state index in [-0.39, 0.29) is 0 Å². The van der Waals surface area contributed by atoms with Crippen LogP contribution in [-0.2, 0) is 12.8 Å². The van der Waals surface area contributed by atoms with Crippen LogP contribution < -0.4 is 0 Å². The van der Waals surface area contributed by atoms with Crippen molar-refractivity contribution in [1.29, 1.82) is 0 Å². The molecule has 0 aliphatic heterocycles. The van der Waals surface area contributed by atoms with Gasteiger partial charge >= 0.3 is 0 Å². The number of aryl methyl sites for hydroxylation is 1. The molecule has 0 nitrogen and oxygen atoms in total. The molecule has 0 aromatic heterocycles. The van der Waals surface area contributed by atoms with E-state index in [2.05, 4.69) is 92.7 Å². The molecular weight excluding hydrogens is 372 g/mol. The first-order valence-corrected chi connectivity index (χ1v) is 11.3. The Balaban J connectivity index is 1.41. The Hall–Kier alpha value is -3.38. The number of hydrogen-bond donors (Lipinski definition) is 0. The molecule has 3 aliphatic rings. The van der Waals surface area contributed by atoms with Crippen molar-refractivity contribution < 1.29 is 0 Å². The van der Waals surface area contributed by atoms with Crippen LogP contribution in [0.3, 0.4) is 0 Å². The normalized spacial score (nSPS) is 16.6. The van der Waals surface area contributed by atoms with Gasteiger partial charge in [0.15, 0.2) is 0 Å². The first-order valence-electron chi connectivity index (χ1n) is 11.3. The van der Waals surface area contributed by atoms with Gasteiger partial charge in [0.25, 0.3) is 0 Å². The van der Waals surface area contributed by atoms with Gasteiger partial charge in [0.1, 0.15) is 0 Å². The number of benzene rings is 4. The van der Waals surface area contributed by atoms with Gasteiger partial charge < -0.3 is 0 Å². The lowest BCUT2D eigenvalue weighted by molar-refractivity contribution is 0.984. The summed E-state index contributed by atoms with van der Waals surface area (Å²) in [6.07, 6.45) is 6.91. The molecule has 1 unspecified atom stereocenters. The van der Waals surface area contributed by atoms with Crippen LogP contribution >= 0.6 is 0 Å². The van der Waals surface area contributed by atoms with Gasteiger partial charge in [-0.25, -0.2) is 0 Å². The highest BCUT2D eigenvalue weighted by atomic mass is 14.3. The molecule has 4 aromatic rings. The lowest BCUT2D eigenvalue weighted by Gasteiger charge is -2.22. The summed E-state index contributed by atoms with van der Waals surface area (Å²) in [4.78, 5) is 0. The molecule has 0 N–H and O–H groups in total. The highest BCUT2D eigenvalue weighted by Gasteiger charge is 2.31. The Bertz CT molecular complexity index is 1450. The summed E-state index contributed by atoms with van der Waals surface area (Å²) in [5.41, 5.74) is 18.9. The number of fused-ring (bicyclic) bond motifs is 7. The van der Waals surface area contributed by atoms with Gasteiger partial charge in [-0.15, -0.1) is 0 Å². The molecule has 0 spiro atoms. The predicted molar refractivity (Wildman–Crippen MR) is 130 cm³/mol. The molecule has 0 fully saturated rings. The van der Waals surface area contributed by atoms with Crippen molar-refractivity contribution in [2.45, 2.75) is 32.6 Å². The highest BCUT2D eigenvalue weighted by Crippen LogP contribution is 2.48. The van der Waals surface area contributed by atoms with Gasteiger partial charge in [0, 0.05) is 5.92 Å². The van der Waals surface area contributed by atoms with Crippen molar-refractivity contribution in [2.24, 2.45) is 0 Å². The summed E-state index contributed by atoms with van der Waals surface area (Å²) in [7, 11) is 0. The molecule has 0 bridgehead atoms. The molecule has 0 saturated heterocycles. The van der Waals surface area contributed by atoms with E-state index < -0.39 is 0 Å². The monoisotopic (exact) mass is 396 g/mol. The summed E-state index contributed by atoms with van der Waals surface area (Å²) >= 11 is 0. The van der Waals surface area contributed by atoms with Gasteiger partial charge in [0.2, 0.25) is 0 Å². The summed E-state index contributed by atoms with van der Waals surface area (Å²) in [5, 5.41) is 0. The maximum Gasteiger partial charge on any atom is 0.0284 e. The third kappa shape index (κ3) is 2.31. The van der Waals surface area contributed by atoms with Crippen LogP contribution in [0.4, 0.5) is 0 Å². The zero-order valence-electron chi connectivity index (χ0n) is 18.0. The Kier molecular flexibility index (Phi) is 3.39. The third-order valence-corrected chi connectivity index (χ3v) is 7.79. The lowest BCUT2D eigenvalue weighted by atomic mass is 9.82. The van der Waals surface area contributed by atoms with Crippen molar-refractivity contribution in [2.75, 3.05) is 0 Å². The standard InChI is InChI=1S/C31H24/c1-18-13-29-25-10-6-4-8-21(25)16-30(29)31(19(18)2)26-12-11-22-15-28-23(17-27(22)26)14-20-7-3-5-9-24(20)28/h3-13,15,17,26H,14,16H2,1-2H3. The van der Waals surface area contributed by atoms with Crippen molar-refractivity contribution in [3.8, 4) is 22.3 Å². The molecule has 31 heavy (non-hydrogen) atoms. The molecule has 0 saturated carbocycles. The van der Waals surface area contributed by atoms with E-state index in [0.717, 1.165) is 12.8 Å². The Morgan fingerprint density at radius 2 is 1.39 bits per heavy atom. The van der Waals surface area contributed by atoms with E-state index in [9.17, 15) is 0 Å². The minimum Gasteiger partial charge on any atom is -0.0720 e. The molecule has 1 atom stereocenters. The Morgan fingerprint density at radius 3 is 2.19 bits per heavy atom. The lowest BCUT2D eigenvalue weighted by Crippen LogP contribution is -2.06. The van der Waals surface area contributed by atoms with Crippen LogP contribution in [0.15, 0.2) is 72.8 Å². The molecular formula is C31H24. The molecule has 7 rings (SSSR count). The van der Waals surface area contributed by atoms with Gasteiger partial charge in [-0.2, -0.15) is 0 Å². The van der Waals surface area contributed by atoms with Crippen LogP contribution in [0, 0.1) is 13.8 Å². The average Bonchev–Trinajstić information content (AvgIpc) is 3.46. The van der Waals surface area contributed by atoms with Crippen molar-refractivity contribution in [3.63, 3.8) is 0 Å². The predicted octanol–water partition coefficient (Wildman–Crippen LogP) is 7.60. The number of hydrogen-bond acceptors (Lipinski definition) is 0. The van der Waals surface area contributed by atoms with E-state index in [1.54, 1.807) is 0 Å². The average molecular weight is 397 g/mol. The highest BCUT2D eigenvalue weighted by molar-refractivity contribution is 5.84. The fourth-order valence-electron chi connectivity index (χ4n) is 6.16. The van der Waals surface area contributed by atoms with E-state index in [1.807, 2.05) is 0 Å². The van der Waals surface area contributed by atoms with E-state index in [4.69, 9.17) is 0 Å². The van der Waals surface area contributed by atoms with Crippen LogP contribution in [0.25, 0.3) is 28.3 Å². The quantitative estimate of drug-likeness (QED) is 0.268. The van der Waals surface area contributed by atoms with Crippen LogP contribution in [0.5, 0.6) is 0 Å². The second kappa shape index (κ2) is 6.08. The van der Waals surface area contributed by atoms with Gasteiger partial charge in [0.05, 0.1) is 0 Å². The molecule has 148 valence electrons. The van der Waals surface area contributed by atoms with Crippen molar-refractivity contribution >= 4 is 6.08 Å². The third-order valence-electron chi connectivity index (χ3n) is 7.79. The molecule has 0 heterocycles. The van der Waals surface area contributed by atoms with E-state index in [1.165, 1.54) is 72.3 Å². The zero-order chi connectivity index (χ0) is 20.7. The first-order chi connectivity index (χ1) is 15.2. The first kappa shape index (κ1) is 17.3. The van der Waals surface area contributed by atoms with Crippen LogP contribution in [0.1, 0.15) is 56.0 Å². The fraction of sp³-hybridized carbons (Fsp3) is 0.161. The van der Waals surface area contributed by atoms with Crippen molar-refractivity contribution in [3.05, 3.63) is 123 Å². The zero-order valence-corrected chi connectivity index (χ0v) is 18.0. The van der Waals surface area contributed by atoms with Crippen molar-refractivity contribution in [1.82, 2.24) is 0 Å². The van der Waals surface area contributed by atoms with Gasteiger partial charge in [-0.3, -0.25) is 0 Å². The molecule has 4 aromatic carbocycles. The summed E-state index contributed by atoms with van der Waals surface area (Å²) in [6, 6.07) is 25.2. The summed E-state index contributed by atoms with van der Waals surface area (Å²) in [5.74, 6) is 0.354. The Morgan fingerprint density at radius 1 is 0.677 bits per heavy atom. The van der Waals surface area contributed by atoms with E-state index in [0.29, 0.717) is 5.92 Å². The summed E-state index contributed by atoms with van der Waals surface area (Å²) < 4.78 is 0.